The Kier molecular flexibility index (Phi) is 9.13. The minimum Gasteiger partial charge on any atom is -0.444 e. The lowest BCUT2D eigenvalue weighted by Gasteiger charge is -2.32. The molecule has 0 bridgehead atoms. The van der Waals surface area contributed by atoms with Crippen molar-refractivity contribution in [1.29, 1.82) is 0 Å². The highest BCUT2D eigenvalue weighted by molar-refractivity contribution is 7.91. The van der Waals surface area contributed by atoms with Crippen LogP contribution in [0.15, 0.2) is 0 Å². The van der Waals surface area contributed by atoms with E-state index in [1.807, 2.05) is 13.8 Å². The highest BCUT2D eigenvalue weighted by atomic mass is 32.2. The van der Waals surface area contributed by atoms with Gasteiger partial charge in [0, 0.05) is 17.7 Å². The standard InChI is InChI=1S/C16H33NO5S/c1-6-8-16(13-18,9-11-23(20,21)10-7-2)12-17-14(19)22-15(3,4)5/h18H,6-13H2,1-5H3,(H,17,19). The van der Waals surface area contributed by atoms with Gasteiger partial charge in [-0.2, -0.15) is 0 Å². The third-order valence-electron chi connectivity index (χ3n) is 3.58. The second-order valence-electron chi connectivity index (χ2n) is 7.17. The van der Waals surface area contributed by atoms with Crippen LogP contribution in [0, 0.1) is 5.41 Å². The number of rotatable bonds is 10. The van der Waals surface area contributed by atoms with Crippen molar-refractivity contribution in [3.8, 4) is 0 Å². The summed E-state index contributed by atoms with van der Waals surface area (Å²) in [6.07, 6.45) is 1.79. The van der Waals surface area contributed by atoms with Gasteiger partial charge in [0.15, 0.2) is 0 Å². The van der Waals surface area contributed by atoms with Crippen LogP contribution in [-0.2, 0) is 14.6 Å². The van der Waals surface area contributed by atoms with Crippen molar-refractivity contribution in [3.63, 3.8) is 0 Å². The molecule has 23 heavy (non-hydrogen) atoms. The Balaban J connectivity index is 4.81. The zero-order chi connectivity index (χ0) is 18.1. The fraction of sp³-hybridized carbons (Fsp3) is 0.938. The number of amides is 1. The van der Waals surface area contributed by atoms with Crippen LogP contribution in [0.4, 0.5) is 4.79 Å². The Morgan fingerprint density at radius 3 is 2.13 bits per heavy atom. The van der Waals surface area contributed by atoms with E-state index in [-0.39, 0.29) is 24.7 Å². The molecule has 0 aromatic rings. The van der Waals surface area contributed by atoms with Gasteiger partial charge in [0.1, 0.15) is 15.4 Å². The molecule has 0 aromatic heterocycles. The average molecular weight is 352 g/mol. The number of carbonyl (C=O) groups is 1. The van der Waals surface area contributed by atoms with Crippen molar-refractivity contribution in [2.75, 3.05) is 24.7 Å². The highest BCUT2D eigenvalue weighted by Crippen LogP contribution is 2.28. The Morgan fingerprint density at radius 2 is 1.70 bits per heavy atom. The number of alkyl carbamates (subject to hydrolysis) is 1. The SMILES string of the molecule is CCCC(CO)(CCS(=O)(=O)CCC)CNC(=O)OC(C)(C)C. The minimum absolute atomic E-state index is 0.0252. The first-order chi connectivity index (χ1) is 10.5. The molecule has 0 aliphatic heterocycles. The lowest BCUT2D eigenvalue weighted by atomic mass is 9.81. The van der Waals surface area contributed by atoms with Crippen LogP contribution in [0.1, 0.15) is 60.3 Å². The van der Waals surface area contributed by atoms with Gasteiger partial charge in [-0.1, -0.05) is 20.3 Å². The first-order valence-electron chi connectivity index (χ1n) is 8.27. The molecular formula is C16H33NO5S. The molecule has 1 amide bonds. The van der Waals surface area contributed by atoms with E-state index in [0.717, 1.165) is 6.42 Å². The fourth-order valence-electron chi connectivity index (χ4n) is 2.41. The van der Waals surface area contributed by atoms with E-state index in [4.69, 9.17) is 4.74 Å². The third kappa shape index (κ3) is 9.81. The maximum absolute atomic E-state index is 11.9. The van der Waals surface area contributed by atoms with Gasteiger partial charge in [-0.15, -0.1) is 0 Å². The molecule has 0 saturated carbocycles. The molecule has 0 aliphatic rings. The van der Waals surface area contributed by atoms with Gasteiger partial charge in [-0.25, -0.2) is 13.2 Å². The zero-order valence-corrected chi connectivity index (χ0v) is 16.0. The van der Waals surface area contributed by atoms with E-state index in [1.165, 1.54) is 0 Å². The summed E-state index contributed by atoms with van der Waals surface area (Å²) in [4.78, 5) is 11.8. The molecule has 1 unspecified atom stereocenters. The van der Waals surface area contributed by atoms with Gasteiger partial charge in [-0.05, 0) is 40.0 Å². The maximum atomic E-state index is 11.9. The first kappa shape index (κ1) is 22.2. The molecule has 138 valence electrons. The minimum atomic E-state index is -3.12. The van der Waals surface area contributed by atoms with Gasteiger partial charge in [-0.3, -0.25) is 0 Å². The van der Waals surface area contributed by atoms with Crippen LogP contribution in [0.5, 0.6) is 0 Å². The predicted octanol–water partition coefficient (Wildman–Crippen LogP) is 2.50. The molecule has 7 heteroatoms. The summed E-state index contributed by atoms with van der Waals surface area (Å²) in [5.41, 5.74) is -1.23. The number of hydrogen-bond acceptors (Lipinski definition) is 5. The van der Waals surface area contributed by atoms with E-state index in [1.54, 1.807) is 20.8 Å². The van der Waals surface area contributed by atoms with Crippen molar-refractivity contribution in [3.05, 3.63) is 0 Å². The topological polar surface area (TPSA) is 92.7 Å². The van der Waals surface area contributed by atoms with Crippen LogP contribution in [0.25, 0.3) is 0 Å². The Hall–Kier alpha value is -0.820. The first-order valence-corrected chi connectivity index (χ1v) is 10.1. The van der Waals surface area contributed by atoms with Gasteiger partial charge >= 0.3 is 6.09 Å². The van der Waals surface area contributed by atoms with E-state index < -0.39 is 26.9 Å². The smallest absolute Gasteiger partial charge is 0.407 e. The molecule has 1 atom stereocenters. The monoisotopic (exact) mass is 351 g/mol. The van der Waals surface area contributed by atoms with Crippen LogP contribution in [0.2, 0.25) is 0 Å². The normalized spacial score (nSPS) is 15.0. The van der Waals surface area contributed by atoms with Crippen LogP contribution < -0.4 is 5.32 Å². The van der Waals surface area contributed by atoms with E-state index >= 15 is 0 Å². The van der Waals surface area contributed by atoms with E-state index in [0.29, 0.717) is 19.3 Å². The summed E-state index contributed by atoms with van der Waals surface area (Å²) < 4.78 is 29.0. The number of aliphatic hydroxyl groups excluding tert-OH is 1. The van der Waals surface area contributed by atoms with Crippen molar-refractivity contribution >= 4 is 15.9 Å². The number of ether oxygens (including phenoxy) is 1. The third-order valence-corrected chi connectivity index (χ3v) is 5.44. The van der Waals surface area contributed by atoms with Crippen molar-refractivity contribution in [1.82, 2.24) is 5.32 Å². The lowest BCUT2D eigenvalue weighted by molar-refractivity contribution is 0.0452. The zero-order valence-electron chi connectivity index (χ0n) is 15.1. The summed E-state index contributed by atoms with van der Waals surface area (Å²) in [7, 11) is -3.12. The van der Waals surface area contributed by atoms with Crippen molar-refractivity contribution < 1.29 is 23.1 Å². The molecule has 0 heterocycles. The molecule has 0 spiro atoms. The van der Waals surface area contributed by atoms with Gasteiger partial charge in [0.05, 0.1) is 12.4 Å². The average Bonchev–Trinajstić information content (AvgIpc) is 2.40. The lowest BCUT2D eigenvalue weighted by Crippen LogP contribution is -2.43. The molecule has 0 saturated heterocycles. The number of carbonyl (C=O) groups excluding carboxylic acids is 1. The summed E-state index contributed by atoms with van der Waals surface area (Å²) in [6, 6.07) is 0. The Labute approximate surface area is 140 Å². The maximum Gasteiger partial charge on any atom is 0.407 e. The summed E-state index contributed by atoms with van der Waals surface area (Å²) in [5.74, 6) is 0.178. The molecular weight excluding hydrogens is 318 g/mol. The molecule has 2 N–H and O–H groups in total. The Bertz CT molecular complexity index is 456. The second-order valence-corrected chi connectivity index (χ2v) is 9.47. The van der Waals surface area contributed by atoms with Crippen molar-refractivity contribution in [2.24, 2.45) is 5.41 Å². The second kappa shape index (κ2) is 9.47. The van der Waals surface area contributed by atoms with Gasteiger partial charge < -0.3 is 15.2 Å². The van der Waals surface area contributed by atoms with Gasteiger partial charge in [0.2, 0.25) is 0 Å². The molecule has 6 nitrogen and oxygen atoms in total. The predicted molar refractivity (Wildman–Crippen MR) is 92.2 cm³/mol. The number of hydrogen-bond donors (Lipinski definition) is 2. The number of nitrogens with one attached hydrogen (secondary N) is 1. The molecule has 0 rings (SSSR count). The van der Waals surface area contributed by atoms with Crippen LogP contribution >= 0.6 is 0 Å². The number of sulfone groups is 1. The molecule has 0 radical (unpaired) electrons. The summed E-state index contributed by atoms with van der Waals surface area (Å²) in [6.45, 7) is 9.15. The molecule has 0 aromatic carbocycles. The molecule has 0 fully saturated rings. The van der Waals surface area contributed by atoms with E-state index in [9.17, 15) is 18.3 Å². The van der Waals surface area contributed by atoms with Crippen molar-refractivity contribution in [2.45, 2.75) is 65.9 Å². The largest absolute Gasteiger partial charge is 0.444 e. The van der Waals surface area contributed by atoms with Crippen LogP contribution in [-0.4, -0.2) is 49.9 Å². The summed E-state index contributed by atoms with van der Waals surface area (Å²) in [5, 5.41) is 12.5. The van der Waals surface area contributed by atoms with Gasteiger partial charge in [0.25, 0.3) is 0 Å². The highest BCUT2D eigenvalue weighted by Gasteiger charge is 2.31. The fourth-order valence-corrected chi connectivity index (χ4v) is 3.98. The number of aliphatic hydroxyl groups is 1. The van der Waals surface area contributed by atoms with E-state index in [2.05, 4.69) is 5.32 Å². The Morgan fingerprint density at radius 1 is 1.09 bits per heavy atom. The summed E-state index contributed by atoms with van der Waals surface area (Å²) >= 11 is 0. The van der Waals surface area contributed by atoms with Crippen LogP contribution in [0.3, 0.4) is 0 Å². The molecule has 0 aliphatic carbocycles. The quantitative estimate of drug-likeness (QED) is 0.631.